The molecule has 6 rings (SSSR count). The Bertz CT molecular complexity index is 1750. The van der Waals surface area contributed by atoms with Crippen LogP contribution in [0.4, 0.5) is 17.2 Å². The molecule has 0 saturated carbocycles. The Morgan fingerprint density at radius 1 is 1.05 bits per heavy atom. The molecule has 3 aromatic carbocycles. The molecule has 1 amide bonds. The Labute approximate surface area is 232 Å². The summed E-state index contributed by atoms with van der Waals surface area (Å²) in [4.78, 5) is 29.8. The third-order valence-electron chi connectivity index (χ3n) is 7.43. The van der Waals surface area contributed by atoms with Gasteiger partial charge in [-0.2, -0.15) is 0 Å². The van der Waals surface area contributed by atoms with Crippen LogP contribution in [0.25, 0.3) is 21.9 Å². The van der Waals surface area contributed by atoms with Crippen molar-refractivity contribution in [3.63, 3.8) is 0 Å². The van der Waals surface area contributed by atoms with Crippen LogP contribution >= 0.6 is 0 Å². The van der Waals surface area contributed by atoms with Gasteiger partial charge in [0.1, 0.15) is 23.6 Å². The van der Waals surface area contributed by atoms with E-state index in [1.165, 1.54) is 6.08 Å². The van der Waals surface area contributed by atoms with E-state index in [1.807, 2.05) is 65.9 Å². The van der Waals surface area contributed by atoms with Crippen LogP contribution in [-0.4, -0.2) is 56.0 Å². The van der Waals surface area contributed by atoms with E-state index in [2.05, 4.69) is 50.8 Å². The molecule has 1 N–H and O–H groups in total. The van der Waals surface area contributed by atoms with Crippen LogP contribution < -0.4 is 15.0 Å². The molecule has 40 heavy (non-hydrogen) atoms. The molecule has 0 unspecified atom stereocenters. The molecule has 0 aliphatic carbocycles. The van der Waals surface area contributed by atoms with Gasteiger partial charge in [-0.05, 0) is 74.0 Å². The van der Waals surface area contributed by atoms with E-state index in [0.717, 1.165) is 69.3 Å². The zero-order valence-corrected chi connectivity index (χ0v) is 22.8. The lowest BCUT2D eigenvalue weighted by Crippen LogP contribution is -2.53. The predicted molar refractivity (Wildman–Crippen MR) is 158 cm³/mol. The summed E-state index contributed by atoms with van der Waals surface area (Å²) in [5.41, 5.74) is 5.78. The molecular weight excluding hydrogens is 502 g/mol. The van der Waals surface area contributed by atoms with E-state index >= 15 is 0 Å². The summed E-state index contributed by atoms with van der Waals surface area (Å²) in [6.07, 6.45) is 4.76. The van der Waals surface area contributed by atoms with Gasteiger partial charge in [0.15, 0.2) is 0 Å². The number of nitrogens with one attached hydrogen (secondary N) is 1. The first-order chi connectivity index (χ1) is 19.4. The molecule has 1 atom stereocenters. The number of aryl methyl sites for hydroxylation is 2. The van der Waals surface area contributed by atoms with Crippen molar-refractivity contribution in [2.75, 3.05) is 29.9 Å². The van der Waals surface area contributed by atoms with Crippen LogP contribution in [0.15, 0.2) is 79.9 Å². The van der Waals surface area contributed by atoms with Crippen molar-refractivity contribution in [1.82, 2.24) is 24.4 Å². The number of nitrogens with zero attached hydrogens (tertiary/aromatic N) is 6. The first kappa shape index (κ1) is 25.4. The number of piperazine rings is 1. The second-order valence-corrected chi connectivity index (χ2v) is 10.2. The predicted octanol–water partition coefficient (Wildman–Crippen LogP) is 5.58. The van der Waals surface area contributed by atoms with E-state index in [9.17, 15) is 4.79 Å². The number of anilines is 3. The highest BCUT2D eigenvalue weighted by molar-refractivity contribution is 5.93. The third-order valence-corrected chi connectivity index (χ3v) is 7.43. The topological polar surface area (TPSA) is 88.4 Å². The van der Waals surface area contributed by atoms with Gasteiger partial charge in [-0.3, -0.25) is 4.79 Å². The summed E-state index contributed by atoms with van der Waals surface area (Å²) in [5.74, 6) is 2.23. The number of hydrogen-bond acceptors (Lipinski definition) is 7. The average Bonchev–Trinajstić information content (AvgIpc) is 3.33. The molecule has 1 fully saturated rings. The van der Waals surface area contributed by atoms with Gasteiger partial charge in [0.05, 0.1) is 22.9 Å². The molecular formula is C31H31N7O2. The normalized spacial score (nSPS) is 15.4. The highest BCUT2D eigenvalue weighted by Crippen LogP contribution is 2.32. The second-order valence-electron chi connectivity index (χ2n) is 10.2. The number of carbonyl (C=O) groups is 1. The fourth-order valence-corrected chi connectivity index (χ4v) is 5.26. The van der Waals surface area contributed by atoms with E-state index in [4.69, 9.17) is 4.74 Å². The zero-order valence-electron chi connectivity index (χ0n) is 22.8. The number of amides is 1. The average molecular weight is 534 g/mol. The second kappa shape index (κ2) is 10.3. The zero-order chi connectivity index (χ0) is 27.8. The fraction of sp³-hybridized carbons (Fsp3) is 0.226. The number of fused-ring (bicyclic) bond motifs is 2. The number of aromatic nitrogens is 4. The summed E-state index contributed by atoms with van der Waals surface area (Å²) in [6, 6.07) is 18.2. The van der Waals surface area contributed by atoms with Gasteiger partial charge in [0.25, 0.3) is 0 Å². The van der Waals surface area contributed by atoms with Crippen molar-refractivity contribution < 1.29 is 9.53 Å². The Kier molecular flexibility index (Phi) is 6.55. The SMILES string of the molecule is C=CC(=O)N1CCN(c2ccc3ncnc(Nc4ccc(Oc5ccc6c(c5)ncn6C)c(C)c4)c3c2)C[C@H]1C. The lowest BCUT2D eigenvalue weighted by Gasteiger charge is -2.40. The molecule has 202 valence electrons. The van der Waals surface area contributed by atoms with Crippen molar-refractivity contribution >= 4 is 45.0 Å². The maximum atomic E-state index is 12.2. The third kappa shape index (κ3) is 4.82. The number of rotatable bonds is 6. The standard InChI is InChI=1S/C31H31N7O2/c1-5-30(39)38-13-12-37(17-21(38)3)23-7-9-26-25(15-23)31(33-18-32-26)35-22-6-11-29(20(2)14-22)40-24-8-10-28-27(16-24)34-19-36(28)4/h5-11,14-16,18-19,21H,1,12-13,17H2,2-4H3,(H,32,33,35)/t21-/m1/s1. The molecule has 0 bridgehead atoms. The quantitative estimate of drug-likeness (QED) is 0.285. The van der Waals surface area contributed by atoms with Crippen LogP contribution in [0, 0.1) is 6.92 Å². The minimum Gasteiger partial charge on any atom is -0.457 e. The van der Waals surface area contributed by atoms with Crippen molar-refractivity contribution in [2.45, 2.75) is 19.9 Å². The van der Waals surface area contributed by atoms with E-state index in [-0.39, 0.29) is 11.9 Å². The van der Waals surface area contributed by atoms with Gasteiger partial charge < -0.3 is 24.4 Å². The number of ether oxygens (including phenoxy) is 1. The van der Waals surface area contributed by atoms with Crippen LogP contribution in [-0.2, 0) is 11.8 Å². The molecule has 1 aliphatic rings. The highest BCUT2D eigenvalue weighted by Gasteiger charge is 2.26. The van der Waals surface area contributed by atoms with E-state index in [1.54, 1.807) is 12.7 Å². The maximum Gasteiger partial charge on any atom is 0.246 e. The van der Waals surface area contributed by atoms with Crippen molar-refractivity contribution in [1.29, 1.82) is 0 Å². The van der Waals surface area contributed by atoms with Crippen LogP contribution in [0.2, 0.25) is 0 Å². The molecule has 9 nitrogen and oxygen atoms in total. The number of carbonyl (C=O) groups excluding carboxylic acids is 1. The van der Waals surface area contributed by atoms with Gasteiger partial charge in [0, 0.05) is 55.6 Å². The Balaban J connectivity index is 1.21. The van der Waals surface area contributed by atoms with Crippen molar-refractivity contribution in [2.24, 2.45) is 7.05 Å². The van der Waals surface area contributed by atoms with Crippen molar-refractivity contribution in [3.8, 4) is 11.5 Å². The van der Waals surface area contributed by atoms with Crippen molar-refractivity contribution in [3.05, 3.63) is 85.5 Å². The highest BCUT2D eigenvalue weighted by atomic mass is 16.5. The van der Waals surface area contributed by atoms with Crippen LogP contribution in [0.1, 0.15) is 12.5 Å². The largest absolute Gasteiger partial charge is 0.457 e. The Morgan fingerprint density at radius 2 is 1.93 bits per heavy atom. The fourth-order valence-electron chi connectivity index (χ4n) is 5.26. The molecule has 5 aromatic rings. The first-order valence-electron chi connectivity index (χ1n) is 13.3. The minimum atomic E-state index is -0.0217. The van der Waals surface area contributed by atoms with E-state index in [0.29, 0.717) is 6.54 Å². The minimum absolute atomic E-state index is 0.0217. The summed E-state index contributed by atoms with van der Waals surface area (Å²) in [6.45, 7) is 9.87. The van der Waals surface area contributed by atoms with Crippen LogP contribution in [0.3, 0.4) is 0 Å². The van der Waals surface area contributed by atoms with Gasteiger partial charge in [-0.25, -0.2) is 15.0 Å². The number of benzene rings is 3. The summed E-state index contributed by atoms with van der Waals surface area (Å²) in [7, 11) is 1.97. The summed E-state index contributed by atoms with van der Waals surface area (Å²) in [5, 5.41) is 4.40. The Morgan fingerprint density at radius 3 is 2.73 bits per heavy atom. The number of hydrogen-bond donors (Lipinski definition) is 1. The molecule has 2 aromatic heterocycles. The Hall–Kier alpha value is -4.92. The smallest absolute Gasteiger partial charge is 0.246 e. The van der Waals surface area contributed by atoms with Gasteiger partial charge in [-0.15, -0.1) is 0 Å². The monoisotopic (exact) mass is 533 g/mol. The lowest BCUT2D eigenvalue weighted by molar-refractivity contribution is -0.128. The molecule has 0 radical (unpaired) electrons. The lowest BCUT2D eigenvalue weighted by atomic mass is 10.1. The molecule has 0 spiro atoms. The molecule has 1 aliphatic heterocycles. The van der Waals surface area contributed by atoms with Gasteiger partial charge in [-0.1, -0.05) is 6.58 Å². The molecule has 9 heteroatoms. The maximum absolute atomic E-state index is 12.2. The first-order valence-corrected chi connectivity index (χ1v) is 13.3. The van der Waals surface area contributed by atoms with E-state index < -0.39 is 0 Å². The molecule has 3 heterocycles. The van der Waals surface area contributed by atoms with Crippen LogP contribution in [0.5, 0.6) is 11.5 Å². The van der Waals surface area contributed by atoms with Gasteiger partial charge in [0.2, 0.25) is 5.91 Å². The number of imidazole rings is 1. The summed E-state index contributed by atoms with van der Waals surface area (Å²) < 4.78 is 8.17. The van der Waals surface area contributed by atoms with Gasteiger partial charge >= 0.3 is 0 Å². The molecule has 1 saturated heterocycles. The summed E-state index contributed by atoms with van der Waals surface area (Å²) >= 11 is 0.